The highest BCUT2D eigenvalue weighted by Gasteiger charge is 2.52. The molecule has 0 spiro atoms. The molecule has 0 radical (unpaired) electrons. The minimum Gasteiger partial charge on any atom is -0.508 e. The first-order chi connectivity index (χ1) is 8.54. The van der Waals surface area contributed by atoms with Crippen LogP contribution in [-0.4, -0.2) is 17.6 Å². The van der Waals surface area contributed by atoms with E-state index >= 15 is 0 Å². The quantitative estimate of drug-likeness (QED) is 0.887. The monoisotopic (exact) mass is 244 g/mol. The van der Waals surface area contributed by atoms with E-state index in [2.05, 4.69) is 6.07 Å². The molecule has 0 unspecified atom stereocenters. The maximum Gasteiger partial charge on any atom is 0.247 e. The van der Waals surface area contributed by atoms with Gasteiger partial charge in [0.1, 0.15) is 11.2 Å². The molecule has 4 heteroatoms. The van der Waals surface area contributed by atoms with Crippen LogP contribution in [0.2, 0.25) is 0 Å². The number of nitrogens with zero attached hydrogens (tertiary/aromatic N) is 2. The smallest absolute Gasteiger partial charge is 0.247 e. The zero-order valence-electron chi connectivity index (χ0n) is 10.6. The molecule has 1 aromatic carbocycles. The number of hydrogen-bond acceptors (Lipinski definition) is 3. The summed E-state index contributed by atoms with van der Waals surface area (Å²) >= 11 is 0. The molecule has 1 aromatic rings. The van der Waals surface area contributed by atoms with Gasteiger partial charge in [-0.3, -0.25) is 4.79 Å². The van der Waals surface area contributed by atoms with Crippen molar-refractivity contribution in [3.8, 4) is 11.8 Å². The van der Waals surface area contributed by atoms with Crippen molar-refractivity contribution in [1.29, 1.82) is 5.26 Å². The highest BCUT2D eigenvalue weighted by molar-refractivity contribution is 6.01. The summed E-state index contributed by atoms with van der Waals surface area (Å²) in [4.78, 5) is 14.0. The fraction of sp³-hybridized carbons (Fsp3) is 0.429. The van der Waals surface area contributed by atoms with Crippen LogP contribution < -0.4 is 4.90 Å². The summed E-state index contributed by atoms with van der Waals surface area (Å²) in [6.07, 6.45) is 1.27. The molecule has 1 fully saturated rings. The third-order valence-electron chi connectivity index (χ3n) is 3.42. The molecule has 0 bridgehead atoms. The summed E-state index contributed by atoms with van der Waals surface area (Å²) < 4.78 is 0. The summed E-state index contributed by atoms with van der Waals surface area (Å²) in [7, 11) is 0. The Morgan fingerprint density at radius 2 is 2.22 bits per heavy atom. The molecule has 1 amide bonds. The summed E-state index contributed by atoms with van der Waals surface area (Å²) in [6.45, 7) is 4.25. The van der Waals surface area contributed by atoms with Gasteiger partial charge in [-0.2, -0.15) is 5.26 Å². The van der Waals surface area contributed by atoms with E-state index in [0.717, 1.165) is 5.56 Å². The number of benzene rings is 1. The molecule has 0 heterocycles. The lowest BCUT2D eigenvalue weighted by molar-refractivity contribution is -0.121. The lowest BCUT2D eigenvalue weighted by Gasteiger charge is -2.25. The van der Waals surface area contributed by atoms with Crippen LogP contribution in [0.15, 0.2) is 18.2 Å². The summed E-state index contributed by atoms with van der Waals surface area (Å²) in [6, 6.07) is 7.05. The lowest BCUT2D eigenvalue weighted by Crippen LogP contribution is -2.37. The Morgan fingerprint density at radius 1 is 1.56 bits per heavy atom. The van der Waals surface area contributed by atoms with Gasteiger partial charge in [0.2, 0.25) is 5.91 Å². The number of anilines is 1. The Bertz CT molecular complexity index is 527. The van der Waals surface area contributed by atoms with Gasteiger partial charge in [0.05, 0.1) is 11.8 Å². The van der Waals surface area contributed by atoms with Crippen LogP contribution in [0, 0.1) is 23.7 Å². The molecule has 0 aromatic heterocycles. The van der Waals surface area contributed by atoms with Crippen molar-refractivity contribution in [3.63, 3.8) is 0 Å². The molecule has 0 saturated heterocycles. The topological polar surface area (TPSA) is 64.3 Å². The van der Waals surface area contributed by atoms with Gasteiger partial charge in [0, 0.05) is 12.6 Å². The van der Waals surface area contributed by atoms with Crippen molar-refractivity contribution in [2.24, 2.45) is 5.41 Å². The Hall–Kier alpha value is -2.02. The van der Waals surface area contributed by atoms with E-state index < -0.39 is 5.41 Å². The molecule has 1 saturated carbocycles. The van der Waals surface area contributed by atoms with Gasteiger partial charge < -0.3 is 10.0 Å². The first-order valence-electron chi connectivity index (χ1n) is 6.07. The zero-order valence-corrected chi connectivity index (χ0v) is 10.6. The van der Waals surface area contributed by atoms with Crippen molar-refractivity contribution < 1.29 is 9.90 Å². The number of carbonyl (C=O) groups excluding carboxylic acids is 1. The molecule has 0 atom stereocenters. The van der Waals surface area contributed by atoms with E-state index in [-0.39, 0.29) is 11.7 Å². The normalized spacial score (nSPS) is 15.8. The SMILES string of the molecule is CCN(C(=O)C1(C#N)CC1)c1cc(O)ccc1C. The van der Waals surface area contributed by atoms with E-state index in [0.29, 0.717) is 25.1 Å². The number of amides is 1. The van der Waals surface area contributed by atoms with Gasteiger partial charge in [-0.15, -0.1) is 0 Å². The molecular formula is C14H16N2O2. The van der Waals surface area contributed by atoms with Crippen LogP contribution in [-0.2, 0) is 4.79 Å². The van der Waals surface area contributed by atoms with Crippen molar-refractivity contribution in [1.82, 2.24) is 0 Å². The number of aromatic hydroxyl groups is 1. The number of hydrogen-bond donors (Lipinski definition) is 1. The molecule has 94 valence electrons. The van der Waals surface area contributed by atoms with Crippen LogP contribution in [0.3, 0.4) is 0 Å². The fourth-order valence-corrected chi connectivity index (χ4v) is 2.07. The minimum absolute atomic E-state index is 0.128. The Kier molecular flexibility index (Phi) is 3.00. The molecule has 18 heavy (non-hydrogen) atoms. The van der Waals surface area contributed by atoms with E-state index in [1.54, 1.807) is 23.1 Å². The maximum absolute atomic E-state index is 12.4. The highest BCUT2D eigenvalue weighted by Crippen LogP contribution is 2.47. The van der Waals surface area contributed by atoms with Crippen LogP contribution >= 0.6 is 0 Å². The number of nitriles is 1. The highest BCUT2D eigenvalue weighted by atomic mass is 16.3. The molecule has 0 aliphatic heterocycles. The second-order valence-electron chi connectivity index (χ2n) is 4.71. The minimum atomic E-state index is -0.825. The number of phenolic OH excluding ortho intramolecular Hbond substituents is 1. The van der Waals surface area contributed by atoms with Crippen molar-refractivity contribution in [2.45, 2.75) is 26.7 Å². The summed E-state index contributed by atoms with van der Waals surface area (Å²) in [5.74, 6) is -0.0233. The summed E-state index contributed by atoms with van der Waals surface area (Å²) in [5.41, 5.74) is 0.772. The van der Waals surface area contributed by atoms with Crippen LogP contribution in [0.4, 0.5) is 5.69 Å². The average molecular weight is 244 g/mol. The Labute approximate surface area is 106 Å². The standard InChI is InChI=1S/C14H16N2O2/c1-3-16(13(18)14(9-15)6-7-14)12-8-11(17)5-4-10(12)2/h4-5,8,17H,3,6-7H2,1-2H3. The average Bonchev–Trinajstić information content (AvgIpc) is 3.15. The number of aryl methyl sites for hydroxylation is 1. The van der Waals surface area contributed by atoms with Crippen molar-refractivity contribution in [3.05, 3.63) is 23.8 Å². The lowest BCUT2D eigenvalue weighted by atomic mass is 10.1. The third-order valence-corrected chi connectivity index (χ3v) is 3.42. The fourth-order valence-electron chi connectivity index (χ4n) is 2.07. The van der Waals surface area contributed by atoms with E-state index in [1.807, 2.05) is 13.8 Å². The Morgan fingerprint density at radius 3 is 2.72 bits per heavy atom. The van der Waals surface area contributed by atoms with Crippen molar-refractivity contribution >= 4 is 11.6 Å². The molecular weight excluding hydrogens is 228 g/mol. The summed E-state index contributed by atoms with van der Waals surface area (Å²) in [5, 5.41) is 18.6. The van der Waals surface area contributed by atoms with Crippen LogP contribution in [0.5, 0.6) is 5.75 Å². The third kappa shape index (κ3) is 1.92. The second kappa shape index (κ2) is 4.34. The first-order valence-corrected chi connectivity index (χ1v) is 6.07. The van der Waals surface area contributed by atoms with Gasteiger partial charge in [-0.1, -0.05) is 6.07 Å². The largest absolute Gasteiger partial charge is 0.508 e. The number of phenols is 1. The van der Waals surface area contributed by atoms with Gasteiger partial charge in [0.15, 0.2) is 0 Å². The molecule has 1 aliphatic carbocycles. The van der Waals surface area contributed by atoms with E-state index in [1.165, 1.54) is 0 Å². The van der Waals surface area contributed by atoms with Crippen LogP contribution in [0.1, 0.15) is 25.3 Å². The Balaban J connectivity index is 2.37. The van der Waals surface area contributed by atoms with Gasteiger partial charge in [0.25, 0.3) is 0 Å². The van der Waals surface area contributed by atoms with Gasteiger partial charge >= 0.3 is 0 Å². The predicted octanol–water partition coefficient (Wildman–Crippen LogP) is 2.36. The van der Waals surface area contributed by atoms with E-state index in [9.17, 15) is 9.90 Å². The number of carbonyl (C=O) groups is 1. The molecule has 2 rings (SSSR count). The molecule has 1 N–H and O–H groups in total. The number of rotatable bonds is 3. The predicted molar refractivity (Wildman–Crippen MR) is 68.2 cm³/mol. The molecule has 1 aliphatic rings. The van der Waals surface area contributed by atoms with Gasteiger partial charge in [-0.25, -0.2) is 0 Å². The van der Waals surface area contributed by atoms with E-state index in [4.69, 9.17) is 5.26 Å². The van der Waals surface area contributed by atoms with Gasteiger partial charge in [-0.05, 0) is 38.3 Å². The van der Waals surface area contributed by atoms with Crippen LogP contribution in [0.25, 0.3) is 0 Å². The molecule has 4 nitrogen and oxygen atoms in total. The zero-order chi connectivity index (χ0) is 13.3. The second-order valence-corrected chi connectivity index (χ2v) is 4.71. The maximum atomic E-state index is 12.4. The first kappa shape index (κ1) is 12.4. The van der Waals surface area contributed by atoms with Crippen molar-refractivity contribution in [2.75, 3.05) is 11.4 Å².